The summed E-state index contributed by atoms with van der Waals surface area (Å²) in [4.78, 5) is 30.6. The number of nitrogens with one attached hydrogen (secondary N) is 2. The van der Waals surface area contributed by atoms with Gasteiger partial charge >= 0.3 is 6.03 Å². The van der Waals surface area contributed by atoms with Crippen LogP contribution in [-0.4, -0.2) is 29.1 Å². The lowest BCUT2D eigenvalue weighted by Crippen LogP contribution is -2.37. The van der Waals surface area contributed by atoms with E-state index in [-0.39, 0.29) is 18.1 Å². The minimum Gasteiger partial charge on any atom is -0.494 e. The summed E-state index contributed by atoms with van der Waals surface area (Å²) in [5.41, 5.74) is 2.60. The van der Waals surface area contributed by atoms with Crippen LogP contribution in [0.1, 0.15) is 18.1 Å². The van der Waals surface area contributed by atoms with Gasteiger partial charge in [-0.1, -0.05) is 54.1 Å². The Morgan fingerprint density at radius 1 is 1.03 bits per heavy atom. The van der Waals surface area contributed by atoms with Gasteiger partial charge in [0.2, 0.25) is 0 Å². The van der Waals surface area contributed by atoms with Crippen molar-refractivity contribution in [3.05, 3.63) is 105 Å². The Labute approximate surface area is 203 Å². The van der Waals surface area contributed by atoms with E-state index in [1.54, 1.807) is 29.2 Å². The van der Waals surface area contributed by atoms with E-state index in [4.69, 9.17) is 16.3 Å². The topological polar surface area (TPSA) is 74.4 Å². The van der Waals surface area contributed by atoms with Gasteiger partial charge in [-0.2, -0.15) is 0 Å². The van der Waals surface area contributed by atoms with E-state index < -0.39 is 0 Å². The number of ether oxygens (including phenoxy) is 1. The molecule has 0 saturated heterocycles. The number of aromatic nitrogens is 1. The average molecular weight is 476 g/mol. The van der Waals surface area contributed by atoms with E-state index in [2.05, 4.69) is 10.3 Å². The molecule has 0 atom stereocenters. The fourth-order valence-electron chi connectivity index (χ4n) is 3.73. The Kier molecular flexibility index (Phi) is 7.50. The van der Waals surface area contributed by atoms with Gasteiger partial charge in [0.15, 0.2) is 0 Å². The number of halogens is 1. The highest BCUT2D eigenvalue weighted by Crippen LogP contribution is 2.22. The molecule has 0 spiro atoms. The molecule has 2 N–H and O–H groups in total. The average Bonchev–Trinajstić information content (AvgIpc) is 2.84. The van der Waals surface area contributed by atoms with Gasteiger partial charge in [-0.25, -0.2) is 4.79 Å². The van der Waals surface area contributed by atoms with Crippen molar-refractivity contribution in [3.8, 4) is 5.75 Å². The minimum absolute atomic E-state index is 0.146. The Balaban J connectivity index is 1.61. The van der Waals surface area contributed by atoms with Gasteiger partial charge < -0.3 is 19.9 Å². The molecule has 1 aromatic heterocycles. The van der Waals surface area contributed by atoms with Crippen LogP contribution in [0.5, 0.6) is 5.75 Å². The molecule has 0 saturated carbocycles. The quantitative estimate of drug-likeness (QED) is 0.335. The second kappa shape index (κ2) is 10.9. The number of pyridine rings is 1. The third-order valence-electron chi connectivity index (χ3n) is 5.48. The molecule has 34 heavy (non-hydrogen) atoms. The fraction of sp³-hybridized carbons (Fsp3) is 0.185. The molecule has 4 rings (SSSR count). The summed E-state index contributed by atoms with van der Waals surface area (Å²) in [5.74, 6) is 0.727. The summed E-state index contributed by atoms with van der Waals surface area (Å²) in [5, 5.41) is 4.16. The van der Waals surface area contributed by atoms with Gasteiger partial charge in [-0.05, 0) is 55.3 Å². The van der Waals surface area contributed by atoms with Crippen molar-refractivity contribution in [1.29, 1.82) is 0 Å². The van der Waals surface area contributed by atoms with E-state index >= 15 is 0 Å². The molecule has 0 bridgehead atoms. The lowest BCUT2D eigenvalue weighted by Gasteiger charge is -2.23. The van der Waals surface area contributed by atoms with Gasteiger partial charge in [-0.3, -0.25) is 4.79 Å². The number of rotatable bonds is 8. The molecule has 0 aliphatic rings. The molecule has 2 amide bonds. The third kappa shape index (κ3) is 5.77. The molecular weight excluding hydrogens is 450 g/mol. The van der Waals surface area contributed by atoms with Gasteiger partial charge in [0.1, 0.15) is 5.75 Å². The van der Waals surface area contributed by atoms with Crippen LogP contribution in [0.15, 0.2) is 83.7 Å². The number of carbonyl (C=O) groups is 1. The van der Waals surface area contributed by atoms with Crippen LogP contribution in [0.3, 0.4) is 0 Å². The summed E-state index contributed by atoms with van der Waals surface area (Å²) in [6.45, 7) is 3.05. The second-order valence-electron chi connectivity index (χ2n) is 7.87. The van der Waals surface area contributed by atoms with Gasteiger partial charge in [-0.15, -0.1) is 0 Å². The lowest BCUT2D eigenvalue weighted by atomic mass is 10.1. The molecular formula is C27H26ClN3O3. The van der Waals surface area contributed by atoms with Crippen molar-refractivity contribution in [2.24, 2.45) is 0 Å². The maximum absolute atomic E-state index is 13.2. The minimum atomic E-state index is -0.327. The van der Waals surface area contributed by atoms with Crippen molar-refractivity contribution in [2.75, 3.05) is 18.5 Å². The SMILES string of the molecule is CCOc1ccc2[nH]c(=O)c(CN(CCc3ccccc3)C(=O)Nc3ccccc3Cl)cc2c1. The van der Waals surface area contributed by atoms with Crippen LogP contribution in [0.4, 0.5) is 10.5 Å². The molecule has 0 aliphatic carbocycles. The number of hydrogen-bond acceptors (Lipinski definition) is 3. The molecule has 3 aromatic carbocycles. The number of para-hydroxylation sites is 1. The number of carbonyl (C=O) groups excluding carboxylic acids is 1. The standard InChI is InChI=1S/C27H26ClN3O3/c1-2-34-22-12-13-24-20(17-22)16-21(26(32)29-24)18-31(15-14-19-8-4-3-5-9-19)27(33)30-25-11-7-6-10-23(25)28/h3-13,16-17H,2,14-15,18H2,1H3,(H,29,32)(H,30,33). The Hall–Kier alpha value is -3.77. The molecule has 0 unspecified atom stereocenters. The third-order valence-corrected chi connectivity index (χ3v) is 5.81. The van der Waals surface area contributed by atoms with E-state index in [1.165, 1.54) is 0 Å². The number of benzene rings is 3. The highest BCUT2D eigenvalue weighted by Gasteiger charge is 2.17. The summed E-state index contributed by atoms with van der Waals surface area (Å²) < 4.78 is 5.59. The predicted molar refractivity (Wildman–Crippen MR) is 137 cm³/mol. The smallest absolute Gasteiger partial charge is 0.322 e. The van der Waals surface area contributed by atoms with Crippen molar-refractivity contribution in [2.45, 2.75) is 19.9 Å². The van der Waals surface area contributed by atoms with Crippen molar-refractivity contribution >= 4 is 34.2 Å². The zero-order chi connectivity index (χ0) is 23.9. The molecule has 0 aliphatic heterocycles. The number of fused-ring (bicyclic) bond motifs is 1. The number of nitrogens with zero attached hydrogens (tertiary/aromatic N) is 1. The molecule has 174 valence electrons. The first-order valence-corrected chi connectivity index (χ1v) is 11.5. The van der Waals surface area contributed by atoms with Gasteiger partial charge in [0, 0.05) is 23.0 Å². The molecule has 4 aromatic rings. The van der Waals surface area contributed by atoms with E-state index in [0.717, 1.165) is 16.7 Å². The highest BCUT2D eigenvalue weighted by atomic mass is 35.5. The maximum atomic E-state index is 13.2. The zero-order valence-corrected chi connectivity index (χ0v) is 19.6. The van der Waals surface area contributed by atoms with E-state index in [9.17, 15) is 9.59 Å². The van der Waals surface area contributed by atoms with E-state index in [1.807, 2.05) is 61.5 Å². The van der Waals surface area contributed by atoms with Crippen molar-refractivity contribution in [1.82, 2.24) is 9.88 Å². The van der Waals surface area contributed by atoms with Crippen LogP contribution in [0.2, 0.25) is 5.02 Å². The Morgan fingerprint density at radius 3 is 2.56 bits per heavy atom. The zero-order valence-electron chi connectivity index (χ0n) is 18.9. The maximum Gasteiger partial charge on any atom is 0.322 e. The molecule has 7 heteroatoms. The van der Waals surface area contributed by atoms with Gasteiger partial charge in [0.05, 0.1) is 23.9 Å². The molecule has 0 radical (unpaired) electrons. The number of urea groups is 1. The first kappa shape index (κ1) is 23.4. The molecule has 1 heterocycles. The first-order valence-electron chi connectivity index (χ1n) is 11.2. The van der Waals surface area contributed by atoms with Crippen LogP contribution < -0.4 is 15.6 Å². The van der Waals surface area contributed by atoms with Crippen molar-refractivity contribution < 1.29 is 9.53 Å². The van der Waals surface area contributed by atoms with Crippen LogP contribution in [-0.2, 0) is 13.0 Å². The summed E-state index contributed by atoms with van der Waals surface area (Å²) in [6.07, 6.45) is 0.650. The Bertz CT molecular complexity index is 1340. The summed E-state index contributed by atoms with van der Waals surface area (Å²) in [6, 6.07) is 24.0. The fourth-order valence-corrected chi connectivity index (χ4v) is 3.91. The Morgan fingerprint density at radius 2 is 1.79 bits per heavy atom. The summed E-state index contributed by atoms with van der Waals surface area (Å²) >= 11 is 6.24. The monoisotopic (exact) mass is 475 g/mol. The normalized spacial score (nSPS) is 10.8. The first-order chi connectivity index (χ1) is 16.5. The van der Waals surface area contributed by atoms with Crippen molar-refractivity contribution in [3.63, 3.8) is 0 Å². The van der Waals surface area contributed by atoms with E-state index in [0.29, 0.717) is 41.4 Å². The summed E-state index contributed by atoms with van der Waals surface area (Å²) in [7, 11) is 0. The predicted octanol–water partition coefficient (Wildman–Crippen LogP) is 5.86. The van der Waals surface area contributed by atoms with Gasteiger partial charge in [0.25, 0.3) is 5.56 Å². The number of aromatic amines is 1. The number of H-pyrrole nitrogens is 1. The molecule has 0 fully saturated rings. The highest BCUT2D eigenvalue weighted by molar-refractivity contribution is 6.33. The largest absolute Gasteiger partial charge is 0.494 e. The number of anilines is 1. The number of hydrogen-bond donors (Lipinski definition) is 2. The van der Waals surface area contributed by atoms with Crippen LogP contribution >= 0.6 is 11.6 Å². The second-order valence-corrected chi connectivity index (χ2v) is 8.28. The lowest BCUT2D eigenvalue weighted by molar-refractivity contribution is 0.209. The van der Waals surface area contributed by atoms with Crippen LogP contribution in [0, 0.1) is 0 Å². The van der Waals surface area contributed by atoms with Crippen LogP contribution in [0.25, 0.3) is 10.9 Å². The number of amides is 2. The molecule has 6 nitrogen and oxygen atoms in total.